The Hall–Kier alpha value is -1.41. The fourth-order valence-corrected chi connectivity index (χ4v) is 6.35. The molecule has 2 bridgehead atoms. The van der Waals surface area contributed by atoms with Crippen LogP contribution < -0.4 is 5.32 Å². The van der Waals surface area contributed by atoms with E-state index in [0.717, 1.165) is 11.3 Å². The number of carbonyl (C=O) groups is 3. The maximum atomic E-state index is 12.7. The van der Waals surface area contributed by atoms with Gasteiger partial charge in [-0.2, -0.15) is 0 Å². The number of amides is 3. The predicted octanol–water partition coefficient (Wildman–Crippen LogP) is 2.11. The Morgan fingerprint density at radius 2 is 1.68 bits per heavy atom. The fourth-order valence-electron chi connectivity index (χ4n) is 4.48. The summed E-state index contributed by atoms with van der Waals surface area (Å²) in [5.74, 6) is -1.46. The van der Waals surface area contributed by atoms with Gasteiger partial charge in [-0.15, -0.1) is 0 Å². The van der Waals surface area contributed by atoms with Crippen molar-refractivity contribution in [3.05, 3.63) is 24.3 Å². The van der Waals surface area contributed by atoms with Crippen LogP contribution in [-0.2, 0) is 14.4 Å². The van der Waals surface area contributed by atoms with Gasteiger partial charge < -0.3 is 10.4 Å². The van der Waals surface area contributed by atoms with E-state index in [2.05, 4.69) is 37.2 Å². The summed E-state index contributed by atoms with van der Waals surface area (Å²) < 4.78 is 0. The second-order valence-corrected chi connectivity index (χ2v) is 8.95. The first-order valence-electron chi connectivity index (χ1n) is 8.11. The lowest BCUT2D eigenvalue weighted by Crippen LogP contribution is -2.39. The first-order chi connectivity index (χ1) is 11.9. The third-order valence-corrected chi connectivity index (χ3v) is 8.76. The second-order valence-electron chi connectivity index (χ2n) is 6.83. The third-order valence-electron chi connectivity index (χ3n) is 5.56. The molecule has 2 N–H and O–H groups in total. The minimum Gasteiger partial charge on any atom is -0.506 e. The number of imide groups is 1. The van der Waals surface area contributed by atoms with Crippen LogP contribution in [0, 0.1) is 23.7 Å². The molecule has 0 unspecified atom stereocenters. The van der Waals surface area contributed by atoms with E-state index in [1.807, 2.05) is 0 Å². The summed E-state index contributed by atoms with van der Waals surface area (Å²) in [7, 11) is 0. The Morgan fingerprint density at radius 3 is 2.24 bits per heavy atom. The Balaban J connectivity index is 1.49. The Labute approximate surface area is 161 Å². The topological polar surface area (TPSA) is 86.7 Å². The summed E-state index contributed by atoms with van der Waals surface area (Å²) in [5, 5.41) is 12.3. The highest BCUT2D eigenvalue weighted by atomic mass is 79.9. The van der Waals surface area contributed by atoms with Gasteiger partial charge in [0, 0.05) is 9.65 Å². The van der Waals surface area contributed by atoms with Crippen molar-refractivity contribution in [2.45, 2.75) is 16.1 Å². The number of alkyl halides is 2. The van der Waals surface area contributed by atoms with Gasteiger partial charge in [0.2, 0.25) is 17.7 Å². The third kappa shape index (κ3) is 2.52. The normalized spacial score (nSPS) is 36.0. The number of anilines is 1. The molecule has 1 heterocycles. The van der Waals surface area contributed by atoms with Gasteiger partial charge in [0.15, 0.2) is 0 Å². The minimum atomic E-state index is -0.499. The molecule has 1 aliphatic heterocycles. The highest BCUT2D eigenvalue weighted by Gasteiger charge is 2.66. The smallest absolute Gasteiger partial charge is 0.244 e. The van der Waals surface area contributed by atoms with Crippen LogP contribution in [-0.4, -0.2) is 43.9 Å². The zero-order valence-electron chi connectivity index (χ0n) is 13.1. The van der Waals surface area contributed by atoms with Crippen molar-refractivity contribution in [1.82, 2.24) is 4.90 Å². The van der Waals surface area contributed by atoms with Crippen molar-refractivity contribution in [3.8, 4) is 5.75 Å². The number of halogens is 2. The summed E-state index contributed by atoms with van der Waals surface area (Å²) in [6.45, 7) is -0.321. The van der Waals surface area contributed by atoms with Gasteiger partial charge in [0.1, 0.15) is 12.3 Å². The maximum Gasteiger partial charge on any atom is 0.244 e. The Kier molecular flexibility index (Phi) is 4.15. The molecule has 1 saturated heterocycles. The summed E-state index contributed by atoms with van der Waals surface area (Å²) in [6, 6.07) is 6.33. The summed E-state index contributed by atoms with van der Waals surface area (Å²) >= 11 is 7.26. The number of phenolic OH excluding ortho intramolecular Hbond substituents is 1. The molecule has 132 valence electrons. The van der Waals surface area contributed by atoms with Gasteiger partial charge in [-0.3, -0.25) is 19.3 Å². The van der Waals surface area contributed by atoms with Crippen molar-refractivity contribution < 1.29 is 19.5 Å². The van der Waals surface area contributed by atoms with Gasteiger partial charge in [-0.25, -0.2) is 0 Å². The summed E-state index contributed by atoms with van der Waals surface area (Å²) in [4.78, 5) is 39.1. The number of hydrogen-bond acceptors (Lipinski definition) is 4. The molecular formula is C17H16Br2N2O4. The number of likely N-dealkylation sites (tertiary alicyclic amines) is 1. The lowest BCUT2D eigenvalue weighted by atomic mass is 9.81. The first-order valence-corrected chi connectivity index (χ1v) is 9.94. The Morgan fingerprint density at radius 1 is 1.12 bits per heavy atom. The second kappa shape index (κ2) is 6.09. The molecule has 0 spiro atoms. The van der Waals surface area contributed by atoms with E-state index in [9.17, 15) is 19.5 Å². The van der Waals surface area contributed by atoms with Crippen molar-refractivity contribution in [2.24, 2.45) is 23.7 Å². The van der Waals surface area contributed by atoms with E-state index in [1.54, 1.807) is 18.2 Å². The van der Waals surface area contributed by atoms with Crippen molar-refractivity contribution in [1.29, 1.82) is 0 Å². The van der Waals surface area contributed by atoms with Crippen molar-refractivity contribution in [3.63, 3.8) is 0 Å². The number of rotatable bonds is 3. The molecule has 3 aliphatic rings. The minimum absolute atomic E-state index is 0.0610. The molecule has 1 aromatic carbocycles. The summed E-state index contributed by atoms with van der Waals surface area (Å²) in [6.07, 6.45) is 0.858. The SMILES string of the molecule is O=C(CN1C(=O)[C@@H]2[C@H]3C[C@@H]([C@H](Br)[C@H]3Br)[C@H]2C1=O)Nc1ccccc1O. The highest BCUT2D eigenvalue weighted by Crippen LogP contribution is 2.60. The van der Waals surface area contributed by atoms with Gasteiger partial charge in [-0.05, 0) is 30.4 Å². The number of fused-ring (bicyclic) bond motifs is 5. The van der Waals surface area contributed by atoms with E-state index in [0.29, 0.717) is 0 Å². The average molecular weight is 472 g/mol. The van der Waals surface area contributed by atoms with Crippen molar-refractivity contribution in [2.75, 3.05) is 11.9 Å². The molecule has 2 saturated carbocycles. The number of para-hydroxylation sites is 2. The fraction of sp³-hybridized carbons (Fsp3) is 0.471. The largest absolute Gasteiger partial charge is 0.506 e. The number of hydrogen-bond donors (Lipinski definition) is 2. The maximum absolute atomic E-state index is 12.7. The van der Waals surface area contributed by atoms with E-state index >= 15 is 0 Å². The van der Waals surface area contributed by atoms with E-state index in [1.165, 1.54) is 6.07 Å². The average Bonchev–Trinajstić information content (AvgIpc) is 3.17. The number of phenols is 1. The van der Waals surface area contributed by atoms with Crippen LogP contribution in [0.15, 0.2) is 24.3 Å². The molecular weight excluding hydrogens is 456 g/mol. The monoisotopic (exact) mass is 470 g/mol. The van der Waals surface area contributed by atoms with Crippen LogP contribution in [0.2, 0.25) is 0 Å². The van der Waals surface area contributed by atoms with Crippen LogP contribution in [0.25, 0.3) is 0 Å². The predicted molar refractivity (Wildman–Crippen MR) is 97.5 cm³/mol. The number of nitrogens with zero attached hydrogens (tertiary/aromatic N) is 1. The molecule has 6 nitrogen and oxygen atoms in total. The molecule has 0 radical (unpaired) electrons. The molecule has 8 heteroatoms. The van der Waals surface area contributed by atoms with Crippen LogP contribution in [0.1, 0.15) is 6.42 Å². The van der Waals surface area contributed by atoms with E-state index in [-0.39, 0.29) is 63.1 Å². The standard InChI is InChI=1S/C17H16Br2N2O4/c18-14-7-5-8(15(14)19)13-12(7)16(24)21(17(13)25)6-11(23)20-9-3-1-2-4-10(9)22/h1-4,7-8,12-15,22H,5-6H2,(H,20,23)/t7-,8-,12-,13-,14+,15+/m1/s1. The number of benzene rings is 1. The van der Waals surface area contributed by atoms with Gasteiger partial charge >= 0.3 is 0 Å². The molecule has 3 fully saturated rings. The molecule has 1 aromatic rings. The lowest BCUT2D eigenvalue weighted by Gasteiger charge is -2.28. The molecule has 4 rings (SSSR count). The van der Waals surface area contributed by atoms with Crippen LogP contribution in [0.4, 0.5) is 5.69 Å². The molecule has 2 aliphatic carbocycles. The highest BCUT2D eigenvalue weighted by molar-refractivity contribution is 9.12. The number of nitrogens with one attached hydrogen (secondary N) is 1. The lowest BCUT2D eigenvalue weighted by molar-refractivity contribution is -0.143. The number of aromatic hydroxyl groups is 1. The van der Waals surface area contributed by atoms with Crippen LogP contribution in [0.5, 0.6) is 5.75 Å². The van der Waals surface area contributed by atoms with Gasteiger partial charge in [0.25, 0.3) is 0 Å². The quantitative estimate of drug-likeness (QED) is 0.401. The molecule has 0 aromatic heterocycles. The van der Waals surface area contributed by atoms with Gasteiger partial charge in [-0.1, -0.05) is 44.0 Å². The van der Waals surface area contributed by atoms with E-state index < -0.39 is 5.91 Å². The molecule has 3 amide bonds. The van der Waals surface area contributed by atoms with Crippen LogP contribution in [0.3, 0.4) is 0 Å². The van der Waals surface area contributed by atoms with E-state index in [4.69, 9.17) is 0 Å². The van der Waals surface area contributed by atoms with Gasteiger partial charge in [0.05, 0.1) is 17.5 Å². The molecule has 6 atom stereocenters. The van der Waals surface area contributed by atoms with Crippen molar-refractivity contribution >= 4 is 55.3 Å². The molecule has 25 heavy (non-hydrogen) atoms. The number of carbonyl (C=O) groups excluding carboxylic acids is 3. The zero-order valence-corrected chi connectivity index (χ0v) is 16.2. The zero-order chi connectivity index (χ0) is 17.9. The summed E-state index contributed by atoms with van der Waals surface area (Å²) in [5.41, 5.74) is 0.257. The first kappa shape index (κ1) is 17.0. The Bertz CT molecular complexity index is 739. The van der Waals surface area contributed by atoms with Crippen LogP contribution >= 0.6 is 31.9 Å².